The van der Waals surface area contributed by atoms with Crippen LogP contribution in [0.4, 0.5) is 0 Å². The molecule has 1 unspecified atom stereocenters. The Balaban J connectivity index is 2.24. The predicted molar refractivity (Wildman–Crippen MR) is 113 cm³/mol. The van der Waals surface area contributed by atoms with E-state index in [1.807, 2.05) is 60.9 Å². The third kappa shape index (κ3) is 6.89. The summed E-state index contributed by atoms with van der Waals surface area (Å²) in [7, 11) is -4.28. The Labute approximate surface area is 160 Å². The van der Waals surface area contributed by atoms with Crippen LogP contribution in [0.5, 0.6) is 0 Å². The lowest BCUT2D eigenvalue weighted by Gasteiger charge is -2.05. The third-order valence-corrected chi connectivity index (χ3v) is 7.51. The van der Waals surface area contributed by atoms with Crippen LogP contribution in [0.25, 0.3) is 6.08 Å². The molecule has 5 heteroatoms. The summed E-state index contributed by atoms with van der Waals surface area (Å²) in [4.78, 5) is 0.266. The largest absolute Gasteiger partial charge is 0.288 e. The number of hydrogen-bond acceptors (Lipinski definition) is 2. The van der Waals surface area contributed by atoms with Crippen molar-refractivity contribution >= 4 is 26.8 Å². The Morgan fingerprint density at radius 2 is 1.65 bits per heavy atom. The number of unbranched alkanes of at least 4 members (excludes halogenated alkanes) is 3. The van der Waals surface area contributed by atoms with Gasteiger partial charge in [-0.25, -0.2) is 0 Å². The SMILES string of the molecule is CCCCCCS(/C=C/c1ccccc1)=NS(=O)(=O)c1ccc(C)cc1. The standard InChI is InChI=1S/C21H27NO2S2/c1-3-4-5-9-17-25(18-16-20-10-7-6-8-11-20)22-26(23,24)21-14-12-19(2)13-15-21/h6-8,10-16,18H,3-5,9,17H2,1-2H3/b18-16+. The van der Waals surface area contributed by atoms with Gasteiger partial charge in [0.05, 0.1) is 4.90 Å². The van der Waals surface area contributed by atoms with E-state index in [0.717, 1.165) is 36.1 Å². The lowest BCUT2D eigenvalue weighted by molar-refractivity contribution is 0.598. The zero-order chi connectivity index (χ0) is 18.8. The normalized spacial score (nSPS) is 13.3. The van der Waals surface area contributed by atoms with Crippen LogP contribution < -0.4 is 0 Å². The lowest BCUT2D eigenvalue weighted by Crippen LogP contribution is -2.02. The number of benzene rings is 2. The maximum absolute atomic E-state index is 12.7. The summed E-state index contributed by atoms with van der Waals surface area (Å²) in [5.74, 6) is 0.772. The van der Waals surface area contributed by atoms with E-state index in [9.17, 15) is 8.42 Å². The van der Waals surface area contributed by atoms with Gasteiger partial charge >= 0.3 is 0 Å². The van der Waals surface area contributed by atoms with Gasteiger partial charge in [-0.1, -0.05) is 84.9 Å². The van der Waals surface area contributed by atoms with Crippen molar-refractivity contribution in [1.29, 1.82) is 0 Å². The highest BCUT2D eigenvalue weighted by Gasteiger charge is 2.13. The third-order valence-electron chi connectivity index (χ3n) is 3.94. The van der Waals surface area contributed by atoms with Gasteiger partial charge in [0, 0.05) is 5.75 Å². The van der Waals surface area contributed by atoms with Crippen LogP contribution in [0.2, 0.25) is 0 Å². The summed E-state index contributed by atoms with van der Waals surface area (Å²) in [6, 6.07) is 16.8. The van der Waals surface area contributed by atoms with Crippen molar-refractivity contribution in [3.05, 3.63) is 71.1 Å². The Bertz CT molecular complexity index is 839. The minimum absolute atomic E-state index is 0.266. The summed E-state index contributed by atoms with van der Waals surface area (Å²) in [5, 5.41) is 1.94. The minimum Gasteiger partial charge on any atom is -0.199 e. The molecule has 0 amide bonds. The average molecular weight is 390 g/mol. The van der Waals surface area contributed by atoms with Crippen molar-refractivity contribution in [2.24, 2.45) is 3.77 Å². The topological polar surface area (TPSA) is 46.5 Å². The second-order valence-electron chi connectivity index (χ2n) is 6.24. The highest BCUT2D eigenvalue weighted by Crippen LogP contribution is 2.16. The molecule has 1 atom stereocenters. The molecule has 0 fully saturated rings. The molecule has 0 saturated heterocycles. The van der Waals surface area contributed by atoms with Gasteiger partial charge in [-0.05, 0) is 42.5 Å². The van der Waals surface area contributed by atoms with Gasteiger partial charge in [-0.3, -0.25) is 0 Å². The van der Waals surface area contributed by atoms with Crippen LogP contribution >= 0.6 is 0 Å². The number of nitrogens with zero attached hydrogens (tertiary/aromatic N) is 1. The first kappa shape index (κ1) is 20.6. The van der Waals surface area contributed by atoms with Gasteiger partial charge in [-0.2, -0.15) is 8.42 Å². The van der Waals surface area contributed by atoms with Crippen LogP contribution in [0.1, 0.15) is 43.7 Å². The van der Waals surface area contributed by atoms with Crippen molar-refractivity contribution in [3.8, 4) is 0 Å². The van der Waals surface area contributed by atoms with Crippen molar-refractivity contribution in [1.82, 2.24) is 0 Å². The quantitative estimate of drug-likeness (QED) is 0.514. The molecule has 2 aromatic rings. The lowest BCUT2D eigenvalue weighted by atomic mass is 10.2. The molecule has 2 rings (SSSR count). The van der Waals surface area contributed by atoms with E-state index in [1.54, 1.807) is 12.1 Å². The molecule has 0 N–H and O–H groups in total. The van der Waals surface area contributed by atoms with Gasteiger partial charge in [0.15, 0.2) is 0 Å². The summed E-state index contributed by atoms with van der Waals surface area (Å²) in [6.07, 6.45) is 6.40. The second-order valence-corrected chi connectivity index (χ2v) is 9.74. The van der Waals surface area contributed by atoms with Gasteiger partial charge in [0.1, 0.15) is 0 Å². The maximum Gasteiger partial charge on any atom is 0.288 e. The summed E-state index contributed by atoms with van der Waals surface area (Å²) in [5.41, 5.74) is 2.09. The van der Waals surface area contributed by atoms with E-state index in [0.29, 0.717) is 0 Å². The van der Waals surface area contributed by atoms with Crippen LogP contribution in [-0.2, 0) is 20.7 Å². The Morgan fingerprint density at radius 1 is 0.962 bits per heavy atom. The summed E-state index contributed by atoms with van der Waals surface area (Å²) >= 11 is 0. The van der Waals surface area contributed by atoms with Crippen molar-refractivity contribution < 1.29 is 8.42 Å². The fraction of sp³-hybridized carbons (Fsp3) is 0.333. The molecule has 0 aliphatic heterocycles. The fourth-order valence-corrected chi connectivity index (χ4v) is 5.69. The van der Waals surface area contributed by atoms with Crippen LogP contribution in [0.15, 0.2) is 68.7 Å². The van der Waals surface area contributed by atoms with Crippen molar-refractivity contribution in [3.63, 3.8) is 0 Å². The highest BCUT2D eigenvalue weighted by atomic mass is 32.3. The molecule has 0 saturated carbocycles. The summed E-state index contributed by atoms with van der Waals surface area (Å²) < 4.78 is 29.6. The Morgan fingerprint density at radius 3 is 2.31 bits per heavy atom. The Kier molecular flexibility index (Phi) is 8.26. The fourth-order valence-electron chi connectivity index (χ4n) is 2.41. The van der Waals surface area contributed by atoms with E-state index in [2.05, 4.69) is 10.7 Å². The molecule has 0 aromatic heterocycles. The predicted octanol–water partition coefficient (Wildman–Crippen LogP) is 5.74. The molecule has 26 heavy (non-hydrogen) atoms. The number of aryl methyl sites for hydroxylation is 1. The average Bonchev–Trinajstić information content (AvgIpc) is 2.64. The minimum atomic E-state index is -3.64. The number of hydrogen-bond donors (Lipinski definition) is 0. The van der Waals surface area contributed by atoms with Crippen molar-refractivity contribution in [2.45, 2.75) is 44.4 Å². The molecule has 140 valence electrons. The first-order valence-electron chi connectivity index (χ1n) is 8.99. The molecule has 2 aromatic carbocycles. The molecule has 0 radical (unpaired) electrons. The maximum atomic E-state index is 12.7. The molecular formula is C21H27NO2S2. The first-order valence-corrected chi connectivity index (χ1v) is 11.8. The molecule has 3 nitrogen and oxygen atoms in total. The van der Waals surface area contributed by atoms with E-state index in [-0.39, 0.29) is 4.90 Å². The molecule has 0 heterocycles. The van der Waals surface area contributed by atoms with Crippen molar-refractivity contribution in [2.75, 3.05) is 5.75 Å². The van der Waals surface area contributed by atoms with E-state index in [4.69, 9.17) is 0 Å². The molecule has 0 aliphatic carbocycles. The smallest absolute Gasteiger partial charge is 0.199 e. The monoisotopic (exact) mass is 389 g/mol. The van der Waals surface area contributed by atoms with Gasteiger partial charge in [0.2, 0.25) is 0 Å². The van der Waals surface area contributed by atoms with Gasteiger partial charge < -0.3 is 0 Å². The first-order chi connectivity index (χ1) is 12.5. The van der Waals surface area contributed by atoms with E-state index >= 15 is 0 Å². The zero-order valence-corrected chi connectivity index (χ0v) is 17.1. The summed E-state index contributed by atoms with van der Waals surface area (Å²) in [6.45, 7) is 4.11. The van der Waals surface area contributed by atoms with Crippen LogP contribution in [0, 0.1) is 6.92 Å². The Hall–Kier alpha value is -1.72. The van der Waals surface area contributed by atoms with Crippen LogP contribution in [-0.4, -0.2) is 14.2 Å². The van der Waals surface area contributed by atoms with E-state index < -0.39 is 20.7 Å². The molecule has 0 aliphatic rings. The van der Waals surface area contributed by atoms with Gasteiger partial charge in [0.25, 0.3) is 10.0 Å². The number of rotatable bonds is 9. The van der Waals surface area contributed by atoms with Gasteiger partial charge in [-0.15, -0.1) is 3.77 Å². The second kappa shape index (κ2) is 10.4. The zero-order valence-electron chi connectivity index (χ0n) is 15.5. The number of sulfonamides is 1. The molecule has 0 spiro atoms. The van der Waals surface area contributed by atoms with Crippen LogP contribution in [0.3, 0.4) is 0 Å². The molecule has 0 bridgehead atoms. The van der Waals surface area contributed by atoms with E-state index in [1.165, 1.54) is 6.42 Å². The molecular weight excluding hydrogens is 362 g/mol. The highest BCUT2D eigenvalue weighted by molar-refractivity contribution is 8.01.